The van der Waals surface area contributed by atoms with Crippen LogP contribution in [0.15, 0.2) is 18.2 Å². The Labute approximate surface area is 118 Å². The summed E-state index contributed by atoms with van der Waals surface area (Å²) in [5.41, 5.74) is 0.723. The first-order chi connectivity index (χ1) is 9.83. The molecule has 1 aliphatic carbocycles. The molecule has 106 valence electrons. The van der Waals surface area contributed by atoms with Crippen molar-refractivity contribution in [1.82, 2.24) is 4.90 Å². The van der Waals surface area contributed by atoms with Crippen molar-refractivity contribution in [2.24, 2.45) is 5.92 Å². The zero-order chi connectivity index (χ0) is 13.5. The first-order valence-electron chi connectivity index (χ1n) is 7.53. The van der Waals surface area contributed by atoms with Gasteiger partial charge in [-0.25, -0.2) is 0 Å². The number of ether oxygens (including phenoxy) is 2. The maximum atomic E-state index is 12.7. The monoisotopic (exact) mass is 273 g/mol. The Bertz CT molecular complexity index is 539. The van der Waals surface area contributed by atoms with E-state index in [0.717, 1.165) is 30.2 Å². The van der Waals surface area contributed by atoms with E-state index in [9.17, 15) is 4.79 Å². The van der Waals surface area contributed by atoms with Crippen LogP contribution in [0.1, 0.15) is 42.5 Å². The van der Waals surface area contributed by atoms with Crippen LogP contribution in [0, 0.1) is 5.92 Å². The molecular formula is C16H19NO3. The number of rotatable bonds is 2. The topological polar surface area (TPSA) is 38.8 Å². The molecule has 2 aliphatic heterocycles. The van der Waals surface area contributed by atoms with Gasteiger partial charge in [0.05, 0.1) is 0 Å². The number of carbonyl (C=O) groups is 1. The molecule has 1 aromatic rings. The molecule has 2 fully saturated rings. The first-order valence-corrected chi connectivity index (χ1v) is 7.53. The second kappa shape index (κ2) is 4.69. The first kappa shape index (κ1) is 12.1. The van der Waals surface area contributed by atoms with E-state index in [-0.39, 0.29) is 12.7 Å². The van der Waals surface area contributed by atoms with Gasteiger partial charge in [0.15, 0.2) is 11.5 Å². The van der Waals surface area contributed by atoms with Gasteiger partial charge in [-0.1, -0.05) is 6.42 Å². The van der Waals surface area contributed by atoms with E-state index >= 15 is 0 Å². The number of carbonyl (C=O) groups excluding carboxylic acids is 1. The SMILES string of the molecule is O=C(c1ccc2c(c1)OCO2)N1CCCC1C1CCC1. The van der Waals surface area contributed by atoms with Crippen molar-refractivity contribution in [3.05, 3.63) is 23.8 Å². The lowest BCUT2D eigenvalue weighted by molar-refractivity contribution is 0.0626. The van der Waals surface area contributed by atoms with Gasteiger partial charge in [0.1, 0.15) is 0 Å². The molecule has 2 heterocycles. The smallest absolute Gasteiger partial charge is 0.254 e. The maximum absolute atomic E-state index is 12.7. The van der Waals surface area contributed by atoms with Crippen LogP contribution in [0.4, 0.5) is 0 Å². The molecule has 20 heavy (non-hydrogen) atoms. The third kappa shape index (κ3) is 1.86. The van der Waals surface area contributed by atoms with Gasteiger partial charge >= 0.3 is 0 Å². The molecule has 1 unspecified atom stereocenters. The number of amides is 1. The number of fused-ring (bicyclic) bond motifs is 1. The Morgan fingerprint density at radius 2 is 1.95 bits per heavy atom. The lowest BCUT2D eigenvalue weighted by atomic mass is 9.78. The van der Waals surface area contributed by atoms with E-state index in [4.69, 9.17) is 9.47 Å². The molecule has 0 bridgehead atoms. The maximum Gasteiger partial charge on any atom is 0.254 e. The van der Waals surface area contributed by atoms with Gasteiger partial charge < -0.3 is 14.4 Å². The van der Waals surface area contributed by atoms with Crippen LogP contribution in [-0.2, 0) is 0 Å². The quantitative estimate of drug-likeness (QED) is 0.831. The van der Waals surface area contributed by atoms with Crippen molar-refractivity contribution in [2.75, 3.05) is 13.3 Å². The average molecular weight is 273 g/mol. The zero-order valence-electron chi connectivity index (χ0n) is 11.5. The predicted molar refractivity (Wildman–Crippen MR) is 74.0 cm³/mol. The van der Waals surface area contributed by atoms with Gasteiger partial charge in [0, 0.05) is 18.2 Å². The van der Waals surface area contributed by atoms with Crippen molar-refractivity contribution in [2.45, 2.75) is 38.1 Å². The second-order valence-electron chi connectivity index (χ2n) is 5.97. The highest BCUT2D eigenvalue weighted by molar-refractivity contribution is 5.95. The van der Waals surface area contributed by atoms with Crippen molar-refractivity contribution in [1.29, 1.82) is 0 Å². The molecule has 1 aromatic carbocycles. The van der Waals surface area contributed by atoms with Crippen LogP contribution >= 0.6 is 0 Å². The Balaban J connectivity index is 1.56. The zero-order valence-corrected chi connectivity index (χ0v) is 11.5. The largest absolute Gasteiger partial charge is 0.454 e. The fraction of sp³-hybridized carbons (Fsp3) is 0.562. The summed E-state index contributed by atoms with van der Waals surface area (Å²) >= 11 is 0. The fourth-order valence-corrected chi connectivity index (χ4v) is 3.55. The number of nitrogens with zero attached hydrogens (tertiary/aromatic N) is 1. The Kier molecular flexibility index (Phi) is 2.83. The Hall–Kier alpha value is -1.71. The van der Waals surface area contributed by atoms with Gasteiger partial charge in [-0.15, -0.1) is 0 Å². The number of hydrogen-bond acceptors (Lipinski definition) is 3. The van der Waals surface area contributed by atoms with Crippen molar-refractivity contribution in [3.8, 4) is 11.5 Å². The molecular weight excluding hydrogens is 254 g/mol. The van der Waals surface area contributed by atoms with E-state index in [0.29, 0.717) is 11.8 Å². The van der Waals surface area contributed by atoms with Gasteiger partial charge in [0.25, 0.3) is 5.91 Å². The van der Waals surface area contributed by atoms with Crippen LogP contribution in [-0.4, -0.2) is 30.2 Å². The van der Waals surface area contributed by atoms with E-state index in [1.54, 1.807) is 0 Å². The molecule has 1 saturated carbocycles. The highest BCUT2D eigenvalue weighted by Gasteiger charge is 2.37. The van der Waals surface area contributed by atoms with E-state index in [2.05, 4.69) is 4.90 Å². The molecule has 4 rings (SSSR count). The summed E-state index contributed by atoms with van der Waals surface area (Å²) < 4.78 is 10.7. The summed E-state index contributed by atoms with van der Waals surface area (Å²) in [5.74, 6) is 2.31. The molecule has 1 amide bonds. The van der Waals surface area contributed by atoms with Crippen molar-refractivity contribution >= 4 is 5.91 Å². The molecule has 4 heteroatoms. The van der Waals surface area contributed by atoms with Gasteiger partial charge in [-0.05, 0) is 49.8 Å². The van der Waals surface area contributed by atoms with Crippen LogP contribution in [0.25, 0.3) is 0 Å². The minimum Gasteiger partial charge on any atom is -0.454 e. The van der Waals surface area contributed by atoms with E-state index in [1.807, 2.05) is 18.2 Å². The minimum atomic E-state index is 0.151. The van der Waals surface area contributed by atoms with Crippen molar-refractivity contribution < 1.29 is 14.3 Å². The normalized spacial score (nSPS) is 24.8. The molecule has 0 radical (unpaired) electrons. The predicted octanol–water partition coefficient (Wildman–Crippen LogP) is 2.82. The van der Waals surface area contributed by atoms with Crippen LogP contribution in [0.2, 0.25) is 0 Å². The van der Waals surface area contributed by atoms with Gasteiger partial charge in [-0.3, -0.25) is 4.79 Å². The molecule has 1 atom stereocenters. The van der Waals surface area contributed by atoms with Crippen molar-refractivity contribution in [3.63, 3.8) is 0 Å². The van der Waals surface area contributed by atoms with Crippen LogP contribution < -0.4 is 9.47 Å². The minimum absolute atomic E-state index is 0.151. The molecule has 3 aliphatic rings. The molecule has 4 nitrogen and oxygen atoms in total. The van der Waals surface area contributed by atoms with E-state index in [1.165, 1.54) is 25.7 Å². The summed E-state index contributed by atoms with van der Waals surface area (Å²) in [7, 11) is 0. The third-order valence-corrected chi connectivity index (χ3v) is 4.87. The van der Waals surface area contributed by atoms with Crippen LogP contribution in [0.3, 0.4) is 0 Å². The number of benzene rings is 1. The lowest BCUT2D eigenvalue weighted by Crippen LogP contribution is -2.42. The number of likely N-dealkylation sites (tertiary alicyclic amines) is 1. The Morgan fingerprint density at radius 1 is 1.10 bits per heavy atom. The van der Waals surface area contributed by atoms with Crippen LogP contribution in [0.5, 0.6) is 11.5 Å². The average Bonchev–Trinajstić information content (AvgIpc) is 3.03. The summed E-state index contributed by atoms with van der Waals surface area (Å²) in [5, 5.41) is 0. The summed E-state index contributed by atoms with van der Waals surface area (Å²) in [4.78, 5) is 14.8. The van der Waals surface area contributed by atoms with Gasteiger partial charge in [0.2, 0.25) is 6.79 Å². The van der Waals surface area contributed by atoms with Gasteiger partial charge in [-0.2, -0.15) is 0 Å². The molecule has 0 aromatic heterocycles. The molecule has 0 spiro atoms. The second-order valence-corrected chi connectivity index (χ2v) is 5.97. The standard InChI is InChI=1S/C16H19NO3/c18-16(12-6-7-14-15(9-12)20-10-19-14)17-8-2-5-13(17)11-3-1-4-11/h6-7,9,11,13H,1-5,8,10H2. The number of hydrogen-bond donors (Lipinski definition) is 0. The molecule has 1 saturated heterocycles. The Morgan fingerprint density at radius 3 is 2.75 bits per heavy atom. The summed E-state index contributed by atoms with van der Waals surface area (Å²) in [6.07, 6.45) is 6.21. The third-order valence-electron chi connectivity index (χ3n) is 4.87. The fourth-order valence-electron chi connectivity index (χ4n) is 3.55. The highest BCUT2D eigenvalue weighted by Crippen LogP contribution is 2.38. The highest BCUT2D eigenvalue weighted by atomic mass is 16.7. The summed E-state index contributed by atoms with van der Waals surface area (Å²) in [6, 6.07) is 5.97. The van der Waals surface area contributed by atoms with E-state index < -0.39 is 0 Å². The molecule has 0 N–H and O–H groups in total. The lowest BCUT2D eigenvalue weighted by Gasteiger charge is -2.37. The summed E-state index contributed by atoms with van der Waals surface area (Å²) in [6.45, 7) is 1.15.